The fraction of sp³-hybridized carbons (Fsp3) is 0.294. The second kappa shape index (κ2) is 6.36. The summed E-state index contributed by atoms with van der Waals surface area (Å²) < 4.78 is 7.26. The third kappa shape index (κ3) is 2.55. The number of allylic oxidation sites excluding steroid dienone is 3. The fourth-order valence-corrected chi connectivity index (χ4v) is 2.83. The Kier molecular flexibility index (Phi) is 4.29. The van der Waals surface area contributed by atoms with Crippen LogP contribution in [0.4, 0.5) is 0 Å². The van der Waals surface area contributed by atoms with Crippen molar-refractivity contribution in [3.8, 4) is 0 Å². The minimum atomic E-state index is -0.111. The summed E-state index contributed by atoms with van der Waals surface area (Å²) in [5.41, 5.74) is 1.30. The summed E-state index contributed by atoms with van der Waals surface area (Å²) in [7, 11) is 0. The van der Waals surface area contributed by atoms with Crippen LogP contribution in [0.15, 0.2) is 47.0 Å². The van der Waals surface area contributed by atoms with Crippen LogP contribution in [-0.2, 0) is 10.6 Å². The minimum absolute atomic E-state index is 0.111. The molecule has 0 fully saturated rings. The Hall–Kier alpha value is -2.07. The van der Waals surface area contributed by atoms with Gasteiger partial charge in [0.15, 0.2) is 0 Å². The second-order valence-corrected chi connectivity index (χ2v) is 5.25. The lowest BCUT2D eigenvalue weighted by atomic mass is 10.1. The number of halogens is 1. The van der Waals surface area contributed by atoms with E-state index in [1.807, 2.05) is 37.3 Å². The molecule has 22 heavy (non-hydrogen) atoms. The van der Waals surface area contributed by atoms with E-state index in [9.17, 15) is 4.79 Å². The Labute approximate surface area is 133 Å². The van der Waals surface area contributed by atoms with Crippen LogP contribution in [0.3, 0.4) is 0 Å². The molecule has 5 heteroatoms. The van der Waals surface area contributed by atoms with Gasteiger partial charge in [-0.1, -0.05) is 18.2 Å². The van der Waals surface area contributed by atoms with Gasteiger partial charge in [-0.3, -0.25) is 9.36 Å². The molecule has 0 atom stereocenters. The van der Waals surface area contributed by atoms with Crippen LogP contribution in [0.25, 0.3) is 16.6 Å². The molecule has 0 saturated carbocycles. The van der Waals surface area contributed by atoms with Crippen molar-refractivity contribution in [2.45, 2.75) is 25.6 Å². The summed E-state index contributed by atoms with van der Waals surface area (Å²) in [4.78, 5) is 17.4. The van der Waals surface area contributed by atoms with Crippen molar-refractivity contribution in [2.24, 2.45) is 0 Å². The molecule has 0 radical (unpaired) electrons. The number of nitrogens with zero attached hydrogens (tertiary/aromatic N) is 2. The predicted octanol–water partition coefficient (Wildman–Crippen LogP) is 3.69. The van der Waals surface area contributed by atoms with Crippen molar-refractivity contribution >= 4 is 28.2 Å². The molecular weight excluding hydrogens is 300 g/mol. The lowest BCUT2D eigenvalue weighted by Crippen LogP contribution is -2.26. The van der Waals surface area contributed by atoms with Gasteiger partial charge in [-0.2, -0.15) is 0 Å². The highest BCUT2D eigenvalue weighted by atomic mass is 35.5. The molecule has 3 rings (SSSR count). The van der Waals surface area contributed by atoms with E-state index >= 15 is 0 Å². The Morgan fingerprint density at radius 3 is 2.82 bits per heavy atom. The monoisotopic (exact) mass is 316 g/mol. The fourth-order valence-electron chi connectivity index (χ4n) is 2.65. The summed E-state index contributed by atoms with van der Waals surface area (Å²) in [6.07, 6.45) is 5.80. The zero-order valence-corrected chi connectivity index (χ0v) is 13.1. The van der Waals surface area contributed by atoms with Gasteiger partial charge in [0.2, 0.25) is 0 Å². The first-order chi connectivity index (χ1) is 10.8. The van der Waals surface area contributed by atoms with Crippen LogP contribution < -0.4 is 5.56 Å². The number of para-hydroxylation sites is 1. The van der Waals surface area contributed by atoms with Crippen LogP contribution in [0.1, 0.15) is 25.6 Å². The molecule has 0 bridgehead atoms. The number of alkyl halides is 1. The molecule has 0 N–H and O–H groups in total. The van der Waals surface area contributed by atoms with Crippen molar-refractivity contribution < 1.29 is 4.74 Å². The van der Waals surface area contributed by atoms with Crippen molar-refractivity contribution in [3.63, 3.8) is 0 Å². The summed E-state index contributed by atoms with van der Waals surface area (Å²) in [6.45, 7) is 2.48. The number of ether oxygens (including phenoxy) is 1. The van der Waals surface area contributed by atoms with Crippen LogP contribution in [-0.4, -0.2) is 16.2 Å². The molecule has 1 aromatic carbocycles. The maximum Gasteiger partial charge on any atom is 0.266 e. The standard InChI is InChI=1S/C17H17ClN2O2/c1-2-22-15-10-6-5-9-14(15)20-16(11-18)19-13-8-4-3-7-12(13)17(20)21/h3-4,7-10H,2,5-6,11H2,1H3. The Balaban J connectivity index is 2.25. The Morgan fingerprint density at radius 1 is 1.27 bits per heavy atom. The highest BCUT2D eigenvalue weighted by Crippen LogP contribution is 2.25. The third-order valence-electron chi connectivity index (χ3n) is 3.59. The average Bonchev–Trinajstić information content (AvgIpc) is 2.56. The van der Waals surface area contributed by atoms with E-state index in [1.54, 1.807) is 10.6 Å². The van der Waals surface area contributed by atoms with E-state index in [4.69, 9.17) is 16.3 Å². The normalized spacial score (nSPS) is 14.6. The average molecular weight is 317 g/mol. The number of aromatic nitrogens is 2. The highest BCUT2D eigenvalue weighted by Gasteiger charge is 2.19. The van der Waals surface area contributed by atoms with Gasteiger partial charge >= 0.3 is 0 Å². The highest BCUT2D eigenvalue weighted by molar-refractivity contribution is 6.16. The summed E-state index contributed by atoms with van der Waals surface area (Å²) >= 11 is 6.04. The topological polar surface area (TPSA) is 44.1 Å². The molecular formula is C17H17ClN2O2. The van der Waals surface area contributed by atoms with Gasteiger partial charge in [0, 0.05) is 0 Å². The molecule has 0 amide bonds. The molecule has 0 aliphatic heterocycles. The molecule has 2 aromatic rings. The van der Waals surface area contributed by atoms with Gasteiger partial charge in [-0.05, 0) is 38.0 Å². The molecule has 114 valence electrons. The zero-order chi connectivity index (χ0) is 15.5. The molecule has 1 aliphatic carbocycles. The quantitative estimate of drug-likeness (QED) is 0.808. The third-order valence-corrected chi connectivity index (χ3v) is 3.83. The largest absolute Gasteiger partial charge is 0.492 e. The van der Waals surface area contributed by atoms with E-state index in [-0.39, 0.29) is 11.4 Å². The van der Waals surface area contributed by atoms with Crippen LogP contribution in [0.5, 0.6) is 0 Å². The first-order valence-corrected chi connectivity index (χ1v) is 7.90. The van der Waals surface area contributed by atoms with Gasteiger partial charge in [0.25, 0.3) is 5.56 Å². The Bertz CT molecular complexity index is 821. The number of hydrogen-bond acceptors (Lipinski definition) is 3. The zero-order valence-electron chi connectivity index (χ0n) is 12.4. The molecule has 0 saturated heterocycles. The lowest BCUT2D eigenvalue weighted by Gasteiger charge is -2.20. The van der Waals surface area contributed by atoms with Gasteiger partial charge < -0.3 is 4.74 Å². The molecule has 4 nitrogen and oxygen atoms in total. The summed E-state index contributed by atoms with van der Waals surface area (Å²) in [6, 6.07) is 7.31. The SMILES string of the molecule is CCOC1=CCCC=C1n1c(CCl)nc2ccccc2c1=O. The maximum atomic E-state index is 12.9. The van der Waals surface area contributed by atoms with E-state index < -0.39 is 0 Å². The molecule has 1 aromatic heterocycles. The summed E-state index contributed by atoms with van der Waals surface area (Å²) in [5, 5.41) is 0.582. The number of hydrogen-bond donors (Lipinski definition) is 0. The molecule has 1 heterocycles. The van der Waals surface area contributed by atoms with Crippen molar-refractivity contribution in [1.29, 1.82) is 0 Å². The van der Waals surface area contributed by atoms with Gasteiger partial charge in [0.1, 0.15) is 11.6 Å². The smallest absolute Gasteiger partial charge is 0.266 e. The summed E-state index contributed by atoms with van der Waals surface area (Å²) in [5.74, 6) is 1.42. The lowest BCUT2D eigenvalue weighted by molar-refractivity contribution is 0.241. The first-order valence-electron chi connectivity index (χ1n) is 7.36. The van der Waals surface area contributed by atoms with Crippen LogP contribution in [0, 0.1) is 0 Å². The van der Waals surface area contributed by atoms with Crippen molar-refractivity contribution in [1.82, 2.24) is 9.55 Å². The van der Waals surface area contributed by atoms with Gasteiger partial charge in [0.05, 0.1) is 29.1 Å². The van der Waals surface area contributed by atoms with Crippen molar-refractivity contribution in [3.05, 3.63) is 58.4 Å². The van der Waals surface area contributed by atoms with E-state index in [0.717, 1.165) is 24.3 Å². The second-order valence-electron chi connectivity index (χ2n) is 4.99. The number of rotatable bonds is 4. The maximum absolute atomic E-state index is 12.9. The van der Waals surface area contributed by atoms with Crippen LogP contribution >= 0.6 is 11.6 Å². The van der Waals surface area contributed by atoms with E-state index in [1.165, 1.54) is 0 Å². The first kappa shape index (κ1) is 14.9. The number of fused-ring (bicyclic) bond motifs is 1. The van der Waals surface area contributed by atoms with E-state index in [0.29, 0.717) is 23.3 Å². The molecule has 0 spiro atoms. The van der Waals surface area contributed by atoms with Gasteiger partial charge in [-0.15, -0.1) is 11.6 Å². The molecule has 1 aliphatic rings. The predicted molar refractivity (Wildman–Crippen MR) is 88.8 cm³/mol. The number of benzene rings is 1. The molecule has 0 unspecified atom stereocenters. The minimum Gasteiger partial charge on any atom is -0.492 e. The Morgan fingerprint density at radius 2 is 2.05 bits per heavy atom. The van der Waals surface area contributed by atoms with Crippen LogP contribution in [0.2, 0.25) is 0 Å². The van der Waals surface area contributed by atoms with Crippen molar-refractivity contribution in [2.75, 3.05) is 6.61 Å². The van der Waals surface area contributed by atoms with E-state index in [2.05, 4.69) is 4.98 Å². The van der Waals surface area contributed by atoms with Gasteiger partial charge in [-0.25, -0.2) is 4.98 Å².